The first-order valence-corrected chi connectivity index (χ1v) is 7.13. The molecule has 0 fully saturated rings. The number of aryl methyl sites for hydroxylation is 1. The van der Waals surface area contributed by atoms with Crippen molar-refractivity contribution in [3.63, 3.8) is 0 Å². The Morgan fingerprint density at radius 1 is 1.10 bits per heavy atom. The van der Waals surface area contributed by atoms with E-state index in [1.165, 1.54) is 22.3 Å². The topological polar surface area (TPSA) is 12.5 Å². The summed E-state index contributed by atoms with van der Waals surface area (Å²) >= 11 is 0. The molecular weight excluding hydrogens is 246 g/mol. The van der Waals surface area contributed by atoms with E-state index in [9.17, 15) is 0 Å². The van der Waals surface area contributed by atoms with Crippen molar-refractivity contribution in [1.29, 1.82) is 0 Å². The highest BCUT2D eigenvalue weighted by Gasteiger charge is 2.28. The summed E-state index contributed by atoms with van der Waals surface area (Å²) in [6, 6.07) is 15.5. The van der Waals surface area contributed by atoms with Crippen LogP contribution in [0, 0.1) is 6.92 Å². The fraction of sp³-hybridized carbons (Fsp3) is 0.333. The van der Waals surface area contributed by atoms with Gasteiger partial charge in [-0.05, 0) is 37.6 Å². The van der Waals surface area contributed by atoms with E-state index in [1.807, 2.05) is 0 Å². The first kappa shape index (κ1) is 13.2. The van der Waals surface area contributed by atoms with Gasteiger partial charge in [-0.25, -0.2) is 0 Å². The monoisotopic (exact) mass is 267 g/mol. The maximum Gasteiger partial charge on any atom is 0.124 e. The van der Waals surface area contributed by atoms with Gasteiger partial charge >= 0.3 is 0 Å². The van der Waals surface area contributed by atoms with Gasteiger partial charge < -0.3 is 4.74 Å². The molecule has 0 saturated carbocycles. The smallest absolute Gasteiger partial charge is 0.124 e. The molecule has 0 radical (unpaired) electrons. The number of likely N-dealkylation sites (N-methyl/N-ethyl adjacent to an activating group) is 1. The highest BCUT2D eigenvalue weighted by atomic mass is 16.5. The number of ether oxygens (including phenoxy) is 1. The molecule has 2 aromatic rings. The van der Waals surface area contributed by atoms with E-state index < -0.39 is 0 Å². The van der Waals surface area contributed by atoms with Gasteiger partial charge in [-0.2, -0.15) is 0 Å². The zero-order chi connectivity index (χ0) is 14.1. The maximum absolute atomic E-state index is 5.61. The zero-order valence-electron chi connectivity index (χ0n) is 12.4. The second-order valence-electron chi connectivity index (χ2n) is 5.58. The largest absolute Gasteiger partial charge is 0.496 e. The Balaban J connectivity index is 2.14. The molecule has 2 heteroatoms. The SMILES string of the molecule is COc1cccc2c1C(c1ccc(C)cc1)N(C)CC2. The maximum atomic E-state index is 5.61. The zero-order valence-corrected chi connectivity index (χ0v) is 12.4. The molecule has 0 N–H and O–H groups in total. The van der Waals surface area contributed by atoms with Crippen LogP contribution in [0.25, 0.3) is 0 Å². The van der Waals surface area contributed by atoms with Gasteiger partial charge in [0.2, 0.25) is 0 Å². The molecule has 1 unspecified atom stereocenters. The van der Waals surface area contributed by atoms with Crippen molar-refractivity contribution in [3.05, 3.63) is 64.7 Å². The van der Waals surface area contributed by atoms with Crippen molar-refractivity contribution < 1.29 is 4.74 Å². The molecule has 0 bridgehead atoms. The molecule has 2 nitrogen and oxygen atoms in total. The van der Waals surface area contributed by atoms with Crippen molar-refractivity contribution in [1.82, 2.24) is 4.90 Å². The van der Waals surface area contributed by atoms with Crippen LogP contribution in [0.15, 0.2) is 42.5 Å². The molecule has 104 valence electrons. The van der Waals surface area contributed by atoms with Crippen LogP contribution < -0.4 is 4.74 Å². The molecule has 1 heterocycles. The molecule has 1 aliphatic heterocycles. The molecule has 20 heavy (non-hydrogen) atoms. The van der Waals surface area contributed by atoms with Crippen LogP contribution >= 0.6 is 0 Å². The standard InChI is InChI=1S/C18H21NO/c1-13-7-9-15(10-8-13)18-17-14(11-12-19(18)2)5-4-6-16(17)20-3/h4-10,18H,11-12H2,1-3H3. The number of hydrogen-bond donors (Lipinski definition) is 0. The van der Waals surface area contributed by atoms with E-state index in [4.69, 9.17) is 4.74 Å². The minimum absolute atomic E-state index is 0.287. The summed E-state index contributed by atoms with van der Waals surface area (Å²) in [6.45, 7) is 3.21. The van der Waals surface area contributed by atoms with E-state index in [1.54, 1.807) is 7.11 Å². The summed E-state index contributed by atoms with van der Waals surface area (Å²) in [6.07, 6.45) is 1.09. The second-order valence-corrected chi connectivity index (χ2v) is 5.58. The highest BCUT2D eigenvalue weighted by molar-refractivity contribution is 5.48. The van der Waals surface area contributed by atoms with Gasteiger partial charge in [-0.1, -0.05) is 42.0 Å². The molecule has 0 aromatic heterocycles. The molecule has 0 amide bonds. The van der Waals surface area contributed by atoms with E-state index in [0.29, 0.717) is 0 Å². The number of methoxy groups -OCH3 is 1. The van der Waals surface area contributed by atoms with Gasteiger partial charge in [0.05, 0.1) is 13.2 Å². The fourth-order valence-corrected chi connectivity index (χ4v) is 3.11. The third-order valence-electron chi connectivity index (χ3n) is 4.22. The molecule has 0 saturated heterocycles. The summed E-state index contributed by atoms with van der Waals surface area (Å²) in [7, 11) is 3.95. The van der Waals surface area contributed by atoms with Crippen molar-refractivity contribution >= 4 is 0 Å². The van der Waals surface area contributed by atoms with Crippen LogP contribution in [-0.2, 0) is 6.42 Å². The fourth-order valence-electron chi connectivity index (χ4n) is 3.11. The van der Waals surface area contributed by atoms with E-state index >= 15 is 0 Å². The average Bonchev–Trinajstić information content (AvgIpc) is 2.48. The van der Waals surface area contributed by atoms with Crippen molar-refractivity contribution in [2.75, 3.05) is 20.7 Å². The highest BCUT2D eigenvalue weighted by Crippen LogP contribution is 2.39. The van der Waals surface area contributed by atoms with Crippen LogP contribution in [0.5, 0.6) is 5.75 Å². The third kappa shape index (κ3) is 2.20. The molecule has 1 aliphatic rings. The number of nitrogens with zero attached hydrogens (tertiary/aromatic N) is 1. The second kappa shape index (κ2) is 5.29. The molecule has 1 atom stereocenters. The minimum Gasteiger partial charge on any atom is -0.496 e. The van der Waals surface area contributed by atoms with Gasteiger partial charge in [-0.3, -0.25) is 4.90 Å². The van der Waals surface area contributed by atoms with Crippen molar-refractivity contribution in [2.24, 2.45) is 0 Å². The average molecular weight is 267 g/mol. The first-order valence-electron chi connectivity index (χ1n) is 7.13. The predicted octanol–water partition coefficient (Wildman–Crippen LogP) is 3.58. The van der Waals surface area contributed by atoms with Gasteiger partial charge in [-0.15, -0.1) is 0 Å². The summed E-state index contributed by atoms with van der Waals surface area (Å²) in [5.74, 6) is 1.000. The van der Waals surface area contributed by atoms with Crippen LogP contribution in [0.3, 0.4) is 0 Å². The lowest BCUT2D eigenvalue weighted by Gasteiger charge is -2.36. The molecule has 3 rings (SSSR count). The summed E-state index contributed by atoms with van der Waals surface area (Å²) < 4.78 is 5.61. The number of fused-ring (bicyclic) bond motifs is 1. The van der Waals surface area contributed by atoms with E-state index in [0.717, 1.165) is 18.7 Å². The van der Waals surface area contributed by atoms with Crippen LogP contribution in [-0.4, -0.2) is 25.6 Å². The number of hydrogen-bond acceptors (Lipinski definition) is 2. The van der Waals surface area contributed by atoms with Crippen LogP contribution in [0.2, 0.25) is 0 Å². The van der Waals surface area contributed by atoms with Crippen molar-refractivity contribution in [2.45, 2.75) is 19.4 Å². The van der Waals surface area contributed by atoms with Gasteiger partial charge in [0.25, 0.3) is 0 Å². The lowest BCUT2D eigenvalue weighted by Crippen LogP contribution is -2.33. The van der Waals surface area contributed by atoms with Gasteiger partial charge in [0.1, 0.15) is 5.75 Å². The predicted molar refractivity (Wildman–Crippen MR) is 82.4 cm³/mol. The lowest BCUT2D eigenvalue weighted by atomic mass is 9.87. The lowest BCUT2D eigenvalue weighted by molar-refractivity contribution is 0.257. The Hall–Kier alpha value is -1.80. The molecule has 0 aliphatic carbocycles. The summed E-state index contributed by atoms with van der Waals surface area (Å²) in [4.78, 5) is 2.41. The molecule has 0 spiro atoms. The minimum atomic E-state index is 0.287. The summed E-state index contributed by atoms with van der Waals surface area (Å²) in [5.41, 5.74) is 5.37. The van der Waals surface area contributed by atoms with E-state index in [2.05, 4.69) is 61.3 Å². The van der Waals surface area contributed by atoms with Gasteiger partial charge in [0, 0.05) is 12.1 Å². The van der Waals surface area contributed by atoms with E-state index in [-0.39, 0.29) is 6.04 Å². The number of rotatable bonds is 2. The van der Waals surface area contributed by atoms with Crippen LogP contribution in [0.1, 0.15) is 28.3 Å². The Morgan fingerprint density at radius 3 is 2.55 bits per heavy atom. The Labute approximate surface area is 121 Å². The van der Waals surface area contributed by atoms with Gasteiger partial charge in [0.15, 0.2) is 0 Å². The summed E-state index contributed by atoms with van der Waals surface area (Å²) in [5, 5.41) is 0. The Kier molecular flexibility index (Phi) is 3.49. The third-order valence-corrected chi connectivity index (χ3v) is 4.22. The first-order chi connectivity index (χ1) is 9.70. The Bertz CT molecular complexity index is 589. The molecule has 2 aromatic carbocycles. The van der Waals surface area contributed by atoms with Crippen molar-refractivity contribution in [3.8, 4) is 5.75 Å². The molecular formula is C18H21NO. The normalized spacial score (nSPS) is 18.6. The number of benzene rings is 2. The quantitative estimate of drug-likeness (QED) is 0.824. The Morgan fingerprint density at radius 2 is 1.85 bits per heavy atom. The van der Waals surface area contributed by atoms with Crippen LogP contribution in [0.4, 0.5) is 0 Å².